The second kappa shape index (κ2) is 6.08. The molecule has 1 atom stereocenters. The van der Waals surface area contributed by atoms with E-state index >= 15 is 0 Å². The quantitative estimate of drug-likeness (QED) is 0.762. The Labute approximate surface area is 101 Å². The van der Waals surface area contributed by atoms with Crippen molar-refractivity contribution >= 4 is 17.5 Å². The number of esters is 1. The normalized spacial score (nSPS) is 12.2. The maximum absolute atomic E-state index is 11.6. The van der Waals surface area contributed by atoms with Gasteiger partial charge in [-0.25, -0.2) is 9.78 Å². The number of hydrogen-bond donors (Lipinski definition) is 2. The van der Waals surface area contributed by atoms with Crippen LogP contribution in [-0.4, -0.2) is 24.1 Å². The molecule has 94 valence electrons. The molecule has 1 aromatic rings. The molecular weight excluding hydrogens is 218 g/mol. The number of carbonyl (C=O) groups excluding carboxylic acids is 1. The van der Waals surface area contributed by atoms with Gasteiger partial charge in [0.2, 0.25) is 0 Å². The highest BCUT2D eigenvalue weighted by molar-refractivity contribution is 5.79. The molecule has 0 aliphatic carbocycles. The zero-order chi connectivity index (χ0) is 12.8. The van der Waals surface area contributed by atoms with Gasteiger partial charge < -0.3 is 15.8 Å². The average molecular weight is 237 g/mol. The second-order valence-corrected chi connectivity index (χ2v) is 4.32. The topological polar surface area (TPSA) is 77.2 Å². The van der Waals surface area contributed by atoms with Crippen LogP contribution >= 0.6 is 0 Å². The van der Waals surface area contributed by atoms with Crippen molar-refractivity contribution < 1.29 is 9.53 Å². The van der Waals surface area contributed by atoms with Crippen LogP contribution in [0.15, 0.2) is 18.3 Å². The van der Waals surface area contributed by atoms with Gasteiger partial charge in [-0.05, 0) is 24.5 Å². The summed E-state index contributed by atoms with van der Waals surface area (Å²) in [6, 6.07) is 3.12. The zero-order valence-corrected chi connectivity index (χ0v) is 10.4. The van der Waals surface area contributed by atoms with E-state index < -0.39 is 0 Å². The van der Waals surface area contributed by atoms with Gasteiger partial charge in [-0.1, -0.05) is 13.8 Å². The molecule has 0 amide bonds. The summed E-state index contributed by atoms with van der Waals surface area (Å²) < 4.78 is 4.76. The summed E-state index contributed by atoms with van der Waals surface area (Å²) in [5.41, 5.74) is 6.25. The van der Waals surface area contributed by atoms with Crippen molar-refractivity contribution in [1.82, 2.24) is 4.98 Å². The molecule has 1 heterocycles. The number of nitrogen functional groups attached to an aromatic ring is 1. The molecule has 0 fully saturated rings. The van der Waals surface area contributed by atoms with Crippen LogP contribution in [0, 0.1) is 5.92 Å². The third-order valence-corrected chi connectivity index (χ3v) is 2.32. The van der Waals surface area contributed by atoms with Crippen molar-refractivity contribution in [2.45, 2.75) is 26.3 Å². The van der Waals surface area contributed by atoms with E-state index in [1.165, 1.54) is 7.11 Å². The highest BCUT2D eigenvalue weighted by atomic mass is 16.5. The molecule has 0 aromatic carbocycles. The Balaban J connectivity index is 2.71. The summed E-state index contributed by atoms with van der Waals surface area (Å²) in [5.74, 6) is 0.581. The first-order valence-electron chi connectivity index (χ1n) is 5.58. The van der Waals surface area contributed by atoms with Gasteiger partial charge in [-0.2, -0.15) is 0 Å². The van der Waals surface area contributed by atoms with E-state index in [0.717, 1.165) is 5.69 Å². The van der Waals surface area contributed by atoms with Crippen molar-refractivity contribution in [2.24, 2.45) is 5.92 Å². The van der Waals surface area contributed by atoms with Crippen LogP contribution in [0.2, 0.25) is 0 Å². The van der Waals surface area contributed by atoms with Crippen LogP contribution in [0.5, 0.6) is 0 Å². The first-order chi connectivity index (χ1) is 8.02. The fraction of sp³-hybridized carbons (Fsp3) is 0.500. The van der Waals surface area contributed by atoms with Crippen LogP contribution in [0.4, 0.5) is 11.5 Å². The van der Waals surface area contributed by atoms with Crippen LogP contribution in [-0.2, 0) is 9.53 Å². The lowest BCUT2D eigenvalue weighted by atomic mass is 10.0. The first-order valence-corrected chi connectivity index (χ1v) is 5.58. The van der Waals surface area contributed by atoms with Crippen molar-refractivity contribution in [1.29, 1.82) is 0 Å². The molecular formula is C12H19N3O2. The number of hydrogen-bond acceptors (Lipinski definition) is 5. The Bertz CT molecular complexity index is 363. The number of ether oxygens (including phenoxy) is 1. The summed E-state index contributed by atoms with van der Waals surface area (Å²) in [6.45, 7) is 4.11. The minimum absolute atomic E-state index is 0.268. The maximum Gasteiger partial charge on any atom is 0.328 e. The molecule has 0 aliphatic rings. The van der Waals surface area contributed by atoms with Crippen LogP contribution < -0.4 is 11.1 Å². The maximum atomic E-state index is 11.6. The first kappa shape index (κ1) is 13.3. The summed E-state index contributed by atoms with van der Waals surface area (Å²) in [4.78, 5) is 15.5. The molecule has 5 heteroatoms. The van der Waals surface area contributed by atoms with Gasteiger partial charge in [0.15, 0.2) is 0 Å². The molecule has 5 nitrogen and oxygen atoms in total. The largest absolute Gasteiger partial charge is 0.467 e. The lowest BCUT2D eigenvalue weighted by Crippen LogP contribution is -2.32. The summed E-state index contributed by atoms with van der Waals surface area (Å²) in [7, 11) is 1.39. The van der Waals surface area contributed by atoms with Gasteiger partial charge in [0.1, 0.15) is 11.9 Å². The number of nitrogens with one attached hydrogen (secondary N) is 1. The van der Waals surface area contributed by atoms with Crippen LogP contribution in [0.3, 0.4) is 0 Å². The van der Waals surface area contributed by atoms with Gasteiger partial charge in [0, 0.05) is 0 Å². The van der Waals surface area contributed by atoms with Crippen molar-refractivity contribution in [3.05, 3.63) is 18.3 Å². The molecule has 0 spiro atoms. The van der Waals surface area contributed by atoms with Gasteiger partial charge in [0.25, 0.3) is 0 Å². The Kier molecular flexibility index (Phi) is 4.75. The minimum Gasteiger partial charge on any atom is -0.467 e. The molecule has 1 unspecified atom stereocenters. The SMILES string of the molecule is COC(=O)C(CC(C)C)Nc1ccc(N)nc1. The fourth-order valence-corrected chi connectivity index (χ4v) is 1.52. The lowest BCUT2D eigenvalue weighted by Gasteiger charge is -2.19. The summed E-state index contributed by atoms with van der Waals surface area (Å²) >= 11 is 0. The molecule has 0 radical (unpaired) electrons. The van der Waals surface area contributed by atoms with E-state index in [1.54, 1.807) is 18.3 Å². The van der Waals surface area contributed by atoms with E-state index in [-0.39, 0.29) is 12.0 Å². The van der Waals surface area contributed by atoms with E-state index in [0.29, 0.717) is 18.2 Å². The summed E-state index contributed by atoms with van der Waals surface area (Å²) in [5, 5.41) is 3.10. The Hall–Kier alpha value is -1.78. The van der Waals surface area contributed by atoms with Gasteiger partial charge >= 0.3 is 5.97 Å². The van der Waals surface area contributed by atoms with Crippen molar-refractivity contribution in [3.63, 3.8) is 0 Å². The number of pyridine rings is 1. The Morgan fingerprint density at radius 3 is 2.71 bits per heavy atom. The molecule has 17 heavy (non-hydrogen) atoms. The lowest BCUT2D eigenvalue weighted by molar-refractivity contribution is -0.141. The molecule has 3 N–H and O–H groups in total. The number of anilines is 2. The predicted octanol–water partition coefficient (Wildman–Crippen LogP) is 1.66. The van der Waals surface area contributed by atoms with Crippen LogP contribution in [0.1, 0.15) is 20.3 Å². The summed E-state index contributed by atoms with van der Waals surface area (Å²) in [6.07, 6.45) is 2.31. The number of aromatic nitrogens is 1. The van der Waals surface area contributed by atoms with E-state index in [4.69, 9.17) is 10.5 Å². The number of nitrogens with zero attached hydrogens (tertiary/aromatic N) is 1. The average Bonchev–Trinajstić information content (AvgIpc) is 2.29. The number of nitrogens with two attached hydrogens (primary N) is 1. The monoisotopic (exact) mass is 237 g/mol. The van der Waals surface area contributed by atoms with Gasteiger partial charge in [-0.3, -0.25) is 0 Å². The molecule has 0 bridgehead atoms. The molecule has 0 saturated carbocycles. The standard InChI is InChI=1S/C12H19N3O2/c1-8(2)6-10(12(16)17-3)15-9-4-5-11(13)14-7-9/h4-5,7-8,10,15H,6H2,1-3H3,(H2,13,14). The second-order valence-electron chi connectivity index (χ2n) is 4.32. The molecule has 0 saturated heterocycles. The third kappa shape index (κ3) is 4.30. The third-order valence-electron chi connectivity index (χ3n) is 2.32. The van der Waals surface area contributed by atoms with Crippen molar-refractivity contribution in [3.8, 4) is 0 Å². The van der Waals surface area contributed by atoms with Crippen LogP contribution in [0.25, 0.3) is 0 Å². The van der Waals surface area contributed by atoms with Crippen molar-refractivity contribution in [2.75, 3.05) is 18.2 Å². The van der Waals surface area contributed by atoms with E-state index in [1.807, 2.05) is 0 Å². The Morgan fingerprint density at radius 1 is 1.53 bits per heavy atom. The smallest absolute Gasteiger partial charge is 0.328 e. The molecule has 1 aromatic heterocycles. The zero-order valence-electron chi connectivity index (χ0n) is 10.4. The molecule has 1 rings (SSSR count). The van der Waals surface area contributed by atoms with Gasteiger partial charge in [0.05, 0.1) is 19.0 Å². The molecule has 0 aliphatic heterocycles. The highest BCUT2D eigenvalue weighted by Crippen LogP contribution is 2.14. The highest BCUT2D eigenvalue weighted by Gasteiger charge is 2.20. The minimum atomic E-state index is -0.356. The number of carbonyl (C=O) groups is 1. The Morgan fingerprint density at radius 2 is 2.24 bits per heavy atom. The number of methoxy groups -OCH3 is 1. The van der Waals surface area contributed by atoms with E-state index in [2.05, 4.69) is 24.1 Å². The van der Waals surface area contributed by atoms with E-state index in [9.17, 15) is 4.79 Å². The predicted molar refractivity (Wildman–Crippen MR) is 67.5 cm³/mol. The fourth-order valence-electron chi connectivity index (χ4n) is 1.52. The number of rotatable bonds is 5. The van der Waals surface area contributed by atoms with Gasteiger partial charge in [-0.15, -0.1) is 0 Å².